The van der Waals surface area contributed by atoms with Gasteiger partial charge in [-0.1, -0.05) is 0 Å². The van der Waals surface area contributed by atoms with Crippen molar-refractivity contribution in [3.8, 4) is 11.5 Å². The fourth-order valence-corrected chi connectivity index (χ4v) is 3.10. The molecular weight excluding hydrogens is 486 g/mol. The van der Waals surface area contributed by atoms with Gasteiger partial charge in [-0.15, -0.1) is 0 Å². The van der Waals surface area contributed by atoms with Crippen LogP contribution in [0.3, 0.4) is 0 Å². The van der Waals surface area contributed by atoms with Crippen LogP contribution in [0.5, 0.6) is 11.5 Å². The Bertz CT molecular complexity index is 1070. The van der Waals surface area contributed by atoms with Gasteiger partial charge in [-0.25, -0.2) is 0 Å². The van der Waals surface area contributed by atoms with Crippen LogP contribution in [0.4, 0.5) is 23.3 Å². The zero-order valence-corrected chi connectivity index (χ0v) is 18.2. The third-order valence-electron chi connectivity index (χ3n) is 3.62. The number of benzene rings is 2. The maximum Gasteiger partial charge on any atom is 0.232 e. The lowest BCUT2D eigenvalue weighted by Gasteiger charge is -2.09. The second kappa shape index (κ2) is 9.44. The summed E-state index contributed by atoms with van der Waals surface area (Å²) in [6, 6.07) is 14.3. The number of nitrogens with one attached hydrogen (secondary N) is 2. The van der Waals surface area contributed by atoms with Gasteiger partial charge in [0.1, 0.15) is 11.5 Å². The summed E-state index contributed by atoms with van der Waals surface area (Å²) in [5, 5.41) is 5.98. The standard InChI is InChI=1S/C18H10Cl4N8O/c19-13-25-14(20)28-17(27-13)23-9-1-5-11(6-2-9)31-12-7-3-10(4-8-12)24-18-29-15(21)26-16(22)30-18/h1-8H,(H,23,25,27,28)(H,24,26,29,30). The molecule has 0 saturated heterocycles. The Morgan fingerprint density at radius 2 is 0.806 bits per heavy atom. The molecule has 0 aliphatic carbocycles. The first kappa shape index (κ1) is 21.3. The lowest BCUT2D eigenvalue weighted by atomic mass is 10.3. The van der Waals surface area contributed by atoms with E-state index in [1.807, 2.05) is 0 Å². The summed E-state index contributed by atoms with van der Waals surface area (Å²) in [5.41, 5.74) is 1.44. The number of rotatable bonds is 6. The molecular formula is C18H10Cl4N8O. The van der Waals surface area contributed by atoms with Crippen molar-refractivity contribution in [1.82, 2.24) is 29.9 Å². The Balaban J connectivity index is 1.38. The van der Waals surface area contributed by atoms with Crippen LogP contribution < -0.4 is 15.4 Å². The third kappa shape index (κ3) is 6.02. The minimum absolute atomic E-state index is 0.00192. The van der Waals surface area contributed by atoms with E-state index >= 15 is 0 Å². The maximum atomic E-state index is 5.84. The van der Waals surface area contributed by atoms with Crippen LogP contribution in [-0.4, -0.2) is 29.9 Å². The molecule has 4 rings (SSSR count). The zero-order chi connectivity index (χ0) is 21.8. The van der Waals surface area contributed by atoms with E-state index in [-0.39, 0.29) is 33.0 Å². The first-order valence-corrected chi connectivity index (χ1v) is 10.0. The summed E-state index contributed by atoms with van der Waals surface area (Å²) in [6.07, 6.45) is 0. The second-order valence-electron chi connectivity index (χ2n) is 5.79. The minimum atomic E-state index is 0.00192. The molecule has 0 bridgehead atoms. The van der Waals surface area contributed by atoms with Crippen molar-refractivity contribution in [3.63, 3.8) is 0 Å². The highest BCUT2D eigenvalue weighted by atomic mass is 35.5. The predicted octanol–water partition coefficient (Wildman–Crippen LogP) is 5.95. The zero-order valence-electron chi connectivity index (χ0n) is 15.2. The van der Waals surface area contributed by atoms with Crippen molar-refractivity contribution in [2.24, 2.45) is 0 Å². The highest BCUT2D eigenvalue weighted by Crippen LogP contribution is 2.26. The first-order chi connectivity index (χ1) is 14.9. The average Bonchev–Trinajstić information content (AvgIpc) is 2.69. The molecule has 156 valence electrons. The van der Waals surface area contributed by atoms with Gasteiger partial charge in [0, 0.05) is 11.4 Å². The molecule has 9 nitrogen and oxygen atoms in total. The molecule has 0 atom stereocenters. The Kier molecular flexibility index (Phi) is 6.47. The van der Waals surface area contributed by atoms with Gasteiger partial charge < -0.3 is 15.4 Å². The van der Waals surface area contributed by atoms with Crippen LogP contribution >= 0.6 is 46.4 Å². The Hall–Kier alpha value is -2.98. The summed E-state index contributed by atoms with van der Waals surface area (Å²) in [7, 11) is 0. The van der Waals surface area contributed by atoms with E-state index in [2.05, 4.69) is 40.5 Å². The molecule has 2 aromatic carbocycles. The monoisotopic (exact) mass is 494 g/mol. The Morgan fingerprint density at radius 3 is 1.13 bits per heavy atom. The number of anilines is 4. The van der Waals surface area contributed by atoms with E-state index < -0.39 is 0 Å². The van der Waals surface area contributed by atoms with Gasteiger partial charge in [0.25, 0.3) is 0 Å². The molecule has 2 aromatic heterocycles. The molecule has 0 unspecified atom stereocenters. The van der Waals surface area contributed by atoms with Gasteiger partial charge in [-0.3, -0.25) is 0 Å². The predicted molar refractivity (Wildman–Crippen MR) is 119 cm³/mol. The van der Waals surface area contributed by atoms with E-state index in [9.17, 15) is 0 Å². The molecule has 2 N–H and O–H groups in total. The number of halogens is 4. The van der Waals surface area contributed by atoms with Crippen molar-refractivity contribution >= 4 is 69.7 Å². The first-order valence-electron chi connectivity index (χ1n) is 8.49. The average molecular weight is 496 g/mol. The van der Waals surface area contributed by atoms with Crippen LogP contribution in [-0.2, 0) is 0 Å². The fourth-order valence-electron chi connectivity index (χ4n) is 2.37. The molecule has 0 aliphatic heterocycles. The van der Waals surface area contributed by atoms with Crippen molar-refractivity contribution in [3.05, 3.63) is 69.7 Å². The van der Waals surface area contributed by atoms with Crippen LogP contribution in [0.2, 0.25) is 21.1 Å². The molecule has 31 heavy (non-hydrogen) atoms. The van der Waals surface area contributed by atoms with Crippen molar-refractivity contribution in [2.75, 3.05) is 10.6 Å². The fraction of sp³-hybridized carbons (Fsp3) is 0. The van der Waals surface area contributed by atoms with Gasteiger partial charge in [0.15, 0.2) is 0 Å². The number of hydrogen-bond acceptors (Lipinski definition) is 9. The summed E-state index contributed by atoms with van der Waals surface area (Å²) < 4.78 is 5.84. The molecule has 0 spiro atoms. The summed E-state index contributed by atoms with van der Waals surface area (Å²) in [6.45, 7) is 0. The van der Waals surface area contributed by atoms with Gasteiger partial charge >= 0.3 is 0 Å². The van der Waals surface area contributed by atoms with E-state index in [0.29, 0.717) is 11.5 Å². The smallest absolute Gasteiger partial charge is 0.232 e. The van der Waals surface area contributed by atoms with Gasteiger partial charge in [0.2, 0.25) is 33.0 Å². The maximum absolute atomic E-state index is 5.84. The molecule has 0 amide bonds. The molecule has 0 aliphatic rings. The lowest BCUT2D eigenvalue weighted by molar-refractivity contribution is 0.483. The van der Waals surface area contributed by atoms with Crippen LogP contribution in [0, 0.1) is 0 Å². The van der Waals surface area contributed by atoms with Crippen molar-refractivity contribution in [2.45, 2.75) is 0 Å². The molecule has 4 aromatic rings. The topological polar surface area (TPSA) is 111 Å². The summed E-state index contributed by atoms with van der Waals surface area (Å²) in [5.74, 6) is 1.74. The minimum Gasteiger partial charge on any atom is -0.457 e. The van der Waals surface area contributed by atoms with Crippen molar-refractivity contribution < 1.29 is 4.74 Å². The Labute approximate surface area is 195 Å². The Morgan fingerprint density at radius 1 is 0.484 bits per heavy atom. The molecule has 0 fully saturated rings. The van der Waals surface area contributed by atoms with Gasteiger partial charge in [-0.05, 0) is 94.9 Å². The molecule has 0 saturated carbocycles. The molecule has 2 heterocycles. The van der Waals surface area contributed by atoms with Crippen LogP contribution in [0.15, 0.2) is 48.5 Å². The summed E-state index contributed by atoms with van der Waals surface area (Å²) in [4.78, 5) is 23.2. The number of nitrogens with zero attached hydrogens (tertiary/aromatic N) is 6. The van der Waals surface area contributed by atoms with E-state index in [0.717, 1.165) is 11.4 Å². The normalized spacial score (nSPS) is 10.6. The van der Waals surface area contributed by atoms with E-state index in [1.165, 1.54) is 0 Å². The molecule has 13 heteroatoms. The van der Waals surface area contributed by atoms with Crippen molar-refractivity contribution in [1.29, 1.82) is 0 Å². The third-order valence-corrected chi connectivity index (χ3v) is 4.29. The van der Waals surface area contributed by atoms with Crippen LogP contribution in [0.1, 0.15) is 0 Å². The number of hydrogen-bond donors (Lipinski definition) is 2. The number of ether oxygens (including phenoxy) is 1. The largest absolute Gasteiger partial charge is 0.457 e. The molecule has 0 radical (unpaired) electrons. The highest BCUT2D eigenvalue weighted by molar-refractivity contribution is 6.31. The van der Waals surface area contributed by atoms with E-state index in [1.54, 1.807) is 48.5 Å². The second-order valence-corrected chi connectivity index (χ2v) is 7.15. The van der Waals surface area contributed by atoms with Crippen LogP contribution in [0.25, 0.3) is 0 Å². The number of aromatic nitrogens is 6. The van der Waals surface area contributed by atoms with Gasteiger partial charge in [-0.2, -0.15) is 29.9 Å². The quantitative estimate of drug-likeness (QED) is 0.335. The van der Waals surface area contributed by atoms with Gasteiger partial charge in [0.05, 0.1) is 0 Å². The summed E-state index contributed by atoms with van der Waals surface area (Å²) >= 11 is 23.1. The van der Waals surface area contributed by atoms with E-state index in [4.69, 9.17) is 51.1 Å². The lowest BCUT2D eigenvalue weighted by Crippen LogP contribution is -1.99. The SMILES string of the molecule is Clc1nc(Cl)nc(Nc2ccc(Oc3ccc(Nc4nc(Cl)nc(Cl)n4)cc3)cc2)n1. The highest BCUT2D eigenvalue weighted by Gasteiger charge is 2.06.